The van der Waals surface area contributed by atoms with Gasteiger partial charge in [0, 0.05) is 18.1 Å². The third kappa shape index (κ3) is 3.86. The number of aryl methyl sites for hydroxylation is 1. The largest absolute Gasteiger partial charge is 0.368 e. The summed E-state index contributed by atoms with van der Waals surface area (Å²) < 4.78 is 1.76. The summed E-state index contributed by atoms with van der Waals surface area (Å²) >= 11 is 1.70. The van der Waals surface area contributed by atoms with Crippen LogP contribution in [0.25, 0.3) is 0 Å². The molecule has 16 heavy (non-hydrogen) atoms. The zero-order valence-corrected chi connectivity index (χ0v) is 10.5. The minimum atomic E-state index is -0.893. The van der Waals surface area contributed by atoms with Crippen LogP contribution in [0.1, 0.15) is 19.8 Å². The molecule has 0 fully saturated rings. The molecule has 5 nitrogen and oxygen atoms in total. The number of thioether (sulfide) groups is 1. The second kappa shape index (κ2) is 5.36. The maximum atomic E-state index is 11.0. The van der Waals surface area contributed by atoms with Gasteiger partial charge in [-0.25, -0.2) is 0 Å². The Labute approximate surface area is 99.6 Å². The number of nitrogens with two attached hydrogens (primary N) is 2. The van der Waals surface area contributed by atoms with Crippen LogP contribution in [-0.4, -0.2) is 27.0 Å². The molecule has 0 aliphatic rings. The van der Waals surface area contributed by atoms with Crippen LogP contribution >= 0.6 is 11.8 Å². The molecule has 0 saturated heterocycles. The van der Waals surface area contributed by atoms with E-state index >= 15 is 0 Å². The van der Waals surface area contributed by atoms with Crippen molar-refractivity contribution in [3.8, 4) is 0 Å². The van der Waals surface area contributed by atoms with E-state index in [1.807, 2.05) is 19.4 Å². The van der Waals surface area contributed by atoms with E-state index in [1.165, 1.54) is 0 Å². The number of amides is 1. The Balaban J connectivity index is 2.24. The predicted molar refractivity (Wildman–Crippen MR) is 65.0 cm³/mol. The van der Waals surface area contributed by atoms with Gasteiger partial charge in [-0.15, -0.1) is 11.8 Å². The summed E-state index contributed by atoms with van der Waals surface area (Å²) in [7, 11) is 1.88. The van der Waals surface area contributed by atoms with Gasteiger partial charge in [0.2, 0.25) is 5.91 Å². The molecule has 1 unspecified atom stereocenters. The molecule has 0 spiro atoms. The fraction of sp³-hybridized carbons (Fsp3) is 0.600. The first-order valence-corrected chi connectivity index (χ1v) is 6.10. The molecule has 1 aromatic rings. The van der Waals surface area contributed by atoms with Crippen LogP contribution in [0.4, 0.5) is 0 Å². The highest BCUT2D eigenvalue weighted by Gasteiger charge is 2.24. The second-order valence-corrected chi connectivity index (χ2v) is 5.25. The second-order valence-electron chi connectivity index (χ2n) is 4.08. The molecule has 1 rings (SSSR count). The van der Waals surface area contributed by atoms with Gasteiger partial charge in [-0.05, 0) is 25.5 Å². The highest BCUT2D eigenvalue weighted by molar-refractivity contribution is 7.99. The lowest BCUT2D eigenvalue weighted by atomic mass is 9.97. The van der Waals surface area contributed by atoms with Crippen molar-refractivity contribution in [1.29, 1.82) is 0 Å². The van der Waals surface area contributed by atoms with Gasteiger partial charge in [0.15, 0.2) is 0 Å². The standard InChI is InChI=1S/C10H18N4OS/c1-10(12,9(11)15)4-3-5-16-8-6-13-14(2)7-8/h6-7H,3-5,12H2,1-2H3,(H2,11,15). The number of nitrogens with zero attached hydrogens (tertiary/aromatic N) is 2. The molecular formula is C10H18N4OS. The molecule has 6 heteroatoms. The predicted octanol–water partition coefficient (Wildman–Crippen LogP) is 0.495. The van der Waals surface area contributed by atoms with E-state index in [-0.39, 0.29) is 0 Å². The first-order valence-electron chi connectivity index (χ1n) is 5.12. The molecule has 90 valence electrons. The zero-order chi connectivity index (χ0) is 12.2. The van der Waals surface area contributed by atoms with Gasteiger partial charge < -0.3 is 11.5 Å². The Hall–Kier alpha value is -1.01. The van der Waals surface area contributed by atoms with E-state index in [0.717, 1.165) is 17.1 Å². The van der Waals surface area contributed by atoms with Crippen LogP contribution in [0.5, 0.6) is 0 Å². The van der Waals surface area contributed by atoms with E-state index < -0.39 is 11.4 Å². The molecule has 1 heterocycles. The van der Waals surface area contributed by atoms with Crippen LogP contribution in [0, 0.1) is 0 Å². The average molecular weight is 242 g/mol. The smallest absolute Gasteiger partial charge is 0.237 e. The quantitative estimate of drug-likeness (QED) is 0.561. The Bertz CT molecular complexity index is 361. The number of carbonyl (C=O) groups is 1. The van der Waals surface area contributed by atoms with Crippen LogP contribution in [0.15, 0.2) is 17.3 Å². The highest BCUT2D eigenvalue weighted by Crippen LogP contribution is 2.19. The fourth-order valence-corrected chi connectivity index (χ4v) is 2.10. The third-order valence-corrected chi connectivity index (χ3v) is 3.39. The Morgan fingerprint density at radius 1 is 1.69 bits per heavy atom. The number of hydrogen-bond acceptors (Lipinski definition) is 4. The molecule has 1 aromatic heterocycles. The van der Waals surface area contributed by atoms with E-state index in [4.69, 9.17) is 11.5 Å². The molecule has 0 aromatic carbocycles. The normalized spacial score (nSPS) is 14.7. The Morgan fingerprint density at radius 3 is 2.88 bits per heavy atom. The molecule has 0 aliphatic carbocycles. The van der Waals surface area contributed by atoms with Crippen molar-refractivity contribution in [2.24, 2.45) is 18.5 Å². The fourth-order valence-electron chi connectivity index (χ4n) is 1.23. The zero-order valence-electron chi connectivity index (χ0n) is 9.64. The summed E-state index contributed by atoms with van der Waals surface area (Å²) in [4.78, 5) is 12.1. The van der Waals surface area contributed by atoms with Gasteiger partial charge in [0.1, 0.15) is 0 Å². The van der Waals surface area contributed by atoms with Crippen molar-refractivity contribution in [2.45, 2.75) is 30.2 Å². The topological polar surface area (TPSA) is 86.9 Å². The van der Waals surface area contributed by atoms with Crippen molar-refractivity contribution in [1.82, 2.24) is 9.78 Å². The number of hydrogen-bond donors (Lipinski definition) is 2. The van der Waals surface area contributed by atoms with E-state index in [1.54, 1.807) is 23.4 Å². The van der Waals surface area contributed by atoms with Crippen molar-refractivity contribution < 1.29 is 4.79 Å². The average Bonchev–Trinajstić information content (AvgIpc) is 2.59. The van der Waals surface area contributed by atoms with Gasteiger partial charge in [0.25, 0.3) is 0 Å². The van der Waals surface area contributed by atoms with Crippen LogP contribution in [0.3, 0.4) is 0 Å². The number of carbonyl (C=O) groups excluding carboxylic acids is 1. The van der Waals surface area contributed by atoms with Gasteiger partial charge >= 0.3 is 0 Å². The molecule has 0 bridgehead atoms. The SMILES string of the molecule is Cn1cc(SCCCC(C)(N)C(N)=O)cn1. The van der Waals surface area contributed by atoms with Crippen molar-refractivity contribution in [3.63, 3.8) is 0 Å². The molecule has 0 aliphatic heterocycles. The summed E-state index contributed by atoms with van der Waals surface area (Å²) in [5, 5.41) is 4.07. The van der Waals surface area contributed by atoms with Gasteiger partial charge in [0.05, 0.1) is 11.7 Å². The van der Waals surface area contributed by atoms with Crippen LogP contribution in [0.2, 0.25) is 0 Å². The summed E-state index contributed by atoms with van der Waals surface area (Å²) in [6, 6.07) is 0. The molecule has 0 saturated carbocycles. The lowest BCUT2D eigenvalue weighted by molar-refractivity contribution is -0.122. The minimum absolute atomic E-state index is 0.445. The van der Waals surface area contributed by atoms with Crippen molar-refractivity contribution >= 4 is 17.7 Å². The lowest BCUT2D eigenvalue weighted by Crippen LogP contribution is -2.49. The monoisotopic (exact) mass is 242 g/mol. The minimum Gasteiger partial charge on any atom is -0.368 e. The highest BCUT2D eigenvalue weighted by atomic mass is 32.2. The van der Waals surface area contributed by atoms with Gasteiger partial charge in [-0.3, -0.25) is 9.48 Å². The number of primary amides is 1. The number of rotatable bonds is 6. The first kappa shape index (κ1) is 13.1. The van der Waals surface area contributed by atoms with E-state index in [0.29, 0.717) is 6.42 Å². The molecule has 1 atom stereocenters. The van der Waals surface area contributed by atoms with E-state index in [9.17, 15) is 4.79 Å². The molecule has 4 N–H and O–H groups in total. The third-order valence-electron chi connectivity index (χ3n) is 2.35. The molecule has 0 radical (unpaired) electrons. The van der Waals surface area contributed by atoms with Crippen LogP contribution in [-0.2, 0) is 11.8 Å². The van der Waals surface area contributed by atoms with Crippen molar-refractivity contribution in [3.05, 3.63) is 12.4 Å². The van der Waals surface area contributed by atoms with Gasteiger partial charge in [-0.2, -0.15) is 5.10 Å². The maximum absolute atomic E-state index is 11.0. The number of aromatic nitrogens is 2. The van der Waals surface area contributed by atoms with Crippen LogP contribution < -0.4 is 11.5 Å². The van der Waals surface area contributed by atoms with E-state index in [2.05, 4.69) is 5.10 Å². The Morgan fingerprint density at radius 2 is 2.38 bits per heavy atom. The first-order chi connectivity index (χ1) is 7.42. The summed E-state index contributed by atoms with van der Waals surface area (Å²) in [5.74, 6) is 0.463. The summed E-state index contributed by atoms with van der Waals surface area (Å²) in [5.41, 5.74) is 10.0. The van der Waals surface area contributed by atoms with Crippen molar-refractivity contribution in [2.75, 3.05) is 5.75 Å². The molecule has 1 amide bonds. The summed E-state index contributed by atoms with van der Waals surface area (Å²) in [6.45, 7) is 1.67. The lowest BCUT2D eigenvalue weighted by Gasteiger charge is -2.19. The Kier molecular flexibility index (Phi) is 4.37. The summed E-state index contributed by atoms with van der Waals surface area (Å²) in [6.07, 6.45) is 5.24. The van der Waals surface area contributed by atoms with Gasteiger partial charge in [-0.1, -0.05) is 0 Å². The molecular weight excluding hydrogens is 224 g/mol. The maximum Gasteiger partial charge on any atom is 0.237 e.